The topological polar surface area (TPSA) is 84.7 Å². The predicted molar refractivity (Wildman–Crippen MR) is 87.3 cm³/mol. The fourth-order valence-corrected chi connectivity index (χ4v) is 2.28. The number of rotatable bonds is 4. The van der Waals surface area contributed by atoms with Crippen molar-refractivity contribution in [3.63, 3.8) is 0 Å². The van der Waals surface area contributed by atoms with E-state index in [1.807, 2.05) is 0 Å². The fourth-order valence-electron chi connectivity index (χ4n) is 2.28. The van der Waals surface area contributed by atoms with Crippen molar-refractivity contribution in [2.75, 3.05) is 26.0 Å². The van der Waals surface area contributed by atoms with E-state index in [2.05, 4.69) is 5.32 Å². The van der Waals surface area contributed by atoms with Crippen molar-refractivity contribution in [2.24, 2.45) is 5.73 Å². The smallest absolute Gasteiger partial charge is 0.253 e. The lowest BCUT2D eigenvalue weighted by molar-refractivity contribution is -0.126. The van der Waals surface area contributed by atoms with Crippen LogP contribution in [0.15, 0.2) is 24.3 Å². The normalized spacial score (nSPS) is 20.1. The number of amides is 2. The first-order valence-corrected chi connectivity index (χ1v) is 6.99. The molecular formula is C15H22ClN3O3. The number of ether oxygens (including phenoxy) is 1. The Balaban J connectivity index is 0.00000242. The van der Waals surface area contributed by atoms with Crippen molar-refractivity contribution in [3.05, 3.63) is 29.8 Å². The highest BCUT2D eigenvalue weighted by Crippen LogP contribution is 2.21. The van der Waals surface area contributed by atoms with E-state index in [0.717, 1.165) is 6.42 Å². The van der Waals surface area contributed by atoms with Gasteiger partial charge in [0.25, 0.3) is 11.8 Å². The molecule has 1 heterocycles. The van der Waals surface area contributed by atoms with Gasteiger partial charge >= 0.3 is 0 Å². The van der Waals surface area contributed by atoms with Gasteiger partial charge in [-0.2, -0.15) is 0 Å². The van der Waals surface area contributed by atoms with Crippen molar-refractivity contribution >= 4 is 29.9 Å². The number of nitrogens with two attached hydrogens (primary N) is 1. The molecular weight excluding hydrogens is 306 g/mol. The van der Waals surface area contributed by atoms with Gasteiger partial charge in [-0.05, 0) is 31.0 Å². The van der Waals surface area contributed by atoms with Gasteiger partial charge in [-0.3, -0.25) is 9.59 Å². The lowest BCUT2D eigenvalue weighted by Crippen LogP contribution is -2.30. The molecule has 0 aliphatic carbocycles. The van der Waals surface area contributed by atoms with E-state index < -0.39 is 6.10 Å². The summed E-state index contributed by atoms with van der Waals surface area (Å²) in [4.78, 5) is 25.5. The molecule has 0 spiro atoms. The van der Waals surface area contributed by atoms with Gasteiger partial charge in [0.05, 0.1) is 6.10 Å². The van der Waals surface area contributed by atoms with Crippen LogP contribution in [0.5, 0.6) is 0 Å². The molecule has 2 atom stereocenters. The minimum absolute atomic E-state index is 0. The second kappa shape index (κ2) is 8.12. The third kappa shape index (κ3) is 4.43. The number of nitrogens with one attached hydrogen (secondary N) is 1. The molecule has 1 aliphatic heterocycles. The van der Waals surface area contributed by atoms with Crippen LogP contribution in [0, 0.1) is 0 Å². The Morgan fingerprint density at radius 1 is 1.36 bits per heavy atom. The lowest BCUT2D eigenvalue weighted by Gasteiger charge is -2.14. The largest absolute Gasteiger partial charge is 0.364 e. The zero-order valence-electron chi connectivity index (χ0n) is 12.7. The highest BCUT2D eigenvalue weighted by atomic mass is 35.5. The summed E-state index contributed by atoms with van der Waals surface area (Å²) < 4.78 is 5.55. The molecule has 1 aromatic carbocycles. The molecule has 6 nitrogen and oxygen atoms in total. The van der Waals surface area contributed by atoms with Gasteiger partial charge in [0.1, 0.15) is 6.10 Å². The van der Waals surface area contributed by atoms with Crippen LogP contribution in [0.2, 0.25) is 0 Å². The summed E-state index contributed by atoms with van der Waals surface area (Å²) in [6.07, 6.45) is 0.965. The zero-order chi connectivity index (χ0) is 15.4. The van der Waals surface area contributed by atoms with Gasteiger partial charge in [0.15, 0.2) is 0 Å². The Morgan fingerprint density at radius 3 is 2.68 bits per heavy atom. The molecule has 0 aromatic heterocycles. The van der Waals surface area contributed by atoms with Gasteiger partial charge in [-0.25, -0.2) is 0 Å². The standard InChI is InChI=1S/C15H21N3O3.ClH/c1-18(2)15(20)10-4-3-5-11(8-10)17-14(19)13-7-6-12(9-16)21-13;/h3-5,8,12-13H,6-7,9,16H2,1-2H3,(H,17,19);1H/t12-,13+;/m1./s1. The first-order valence-electron chi connectivity index (χ1n) is 6.99. The molecule has 122 valence electrons. The molecule has 2 rings (SSSR count). The van der Waals surface area contributed by atoms with E-state index in [0.29, 0.717) is 24.2 Å². The van der Waals surface area contributed by atoms with Gasteiger partial charge in [-0.15, -0.1) is 12.4 Å². The van der Waals surface area contributed by atoms with E-state index >= 15 is 0 Å². The summed E-state index contributed by atoms with van der Waals surface area (Å²) in [6.45, 7) is 0.427. The van der Waals surface area contributed by atoms with Crippen molar-refractivity contribution in [3.8, 4) is 0 Å². The van der Waals surface area contributed by atoms with E-state index in [4.69, 9.17) is 10.5 Å². The van der Waals surface area contributed by atoms with Gasteiger partial charge in [-0.1, -0.05) is 6.07 Å². The number of carbonyl (C=O) groups is 2. The van der Waals surface area contributed by atoms with Crippen LogP contribution in [0.4, 0.5) is 5.69 Å². The molecule has 3 N–H and O–H groups in total. The van der Waals surface area contributed by atoms with Crippen LogP contribution < -0.4 is 11.1 Å². The second-order valence-corrected chi connectivity index (χ2v) is 5.33. The summed E-state index contributed by atoms with van der Waals surface area (Å²) in [5.41, 5.74) is 6.65. The maximum absolute atomic E-state index is 12.1. The maximum Gasteiger partial charge on any atom is 0.253 e. The van der Waals surface area contributed by atoms with Crippen molar-refractivity contribution in [1.82, 2.24) is 4.90 Å². The first-order chi connectivity index (χ1) is 10.0. The molecule has 0 bridgehead atoms. The minimum atomic E-state index is -0.466. The van der Waals surface area contributed by atoms with E-state index in [9.17, 15) is 9.59 Å². The first kappa shape index (κ1) is 18.4. The number of carbonyl (C=O) groups excluding carboxylic acids is 2. The van der Waals surface area contributed by atoms with Gasteiger partial charge in [0.2, 0.25) is 0 Å². The molecule has 0 radical (unpaired) electrons. The molecule has 0 saturated carbocycles. The van der Waals surface area contributed by atoms with Gasteiger partial charge in [0, 0.05) is 31.9 Å². The van der Waals surface area contributed by atoms with Crippen LogP contribution in [0.25, 0.3) is 0 Å². The van der Waals surface area contributed by atoms with E-state index in [1.165, 1.54) is 4.90 Å². The molecule has 1 aromatic rings. The van der Waals surface area contributed by atoms with Crippen LogP contribution in [0.1, 0.15) is 23.2 Å². The Morgan fingerprint density at radius 2 is 2.09 bits per heavy atom. The zero-order valence-corrected chi connectivity index (χ0v) is 13.6. The summed E-state index contributed by atoms with van der Waals surface area (Å²) in [6, 6.07) is 6.87. The lowest BCUT2D eigenvalue weighted by atomic mass is 10.1. The Hall–Kier alpha value is -1.63. The maximum atomic E-state index is 12.1. The average molecular weight is 328 g/mol. The summed E-state index contributed by atoms with van der Waals surface area (Å²) in [5, 5.41) is 2.79. The molecule has 1 fully saturated rings. The van der Waals surface area contributed by atoms with Crippen LogP contribution in [0.3, 0.4) is 0 Å². The highest BCUT2D eigenvalue weighted by Gasteiger charge is 2.29. The van der Waals surface area contributed by atoms with Crippen LogP contribution >= 0.6 is 12.4 Å². The summed E-state index contributed by atoms with van der Waals surface area (Å²) in [5.74, 6) is -0.299. The SMILES string of the molecule is CN(C)C(=O)c1cccc(NC(=O)[C@@H]2CC[C@H](CN)O2)c1.Cl. The number of anilines is 1. The Labute approximate surface area is 136 Å². The highest BCUT2D eigenvalue weighted by molar-refractivity contribution is 5.98. The number of halogens is 1. The average Bonchev–Trinajstić information content (AvgIpc) is 2.95. The predicted octanol–water partition coefficient (Wildman–Crippen LogP) is 1.25. The van der Waals surface area contributed by atoms with Crippen LogP contribution in [-0.2, 0) is 9.53 Å². The second-order valence-electron chi connectivity index (χ2n) is 5.33. The van der Waals surface area contributed by atoms with Crippen molar-refractivity contribution < 1.29 is 14.3 Å². The molecule has 1 saturated heterocycles. The number of hydrogen-bond donors (Lipinski definition) is 2. The number of benzene rings is 1. The summed E-state index contributed by atoms with van der Waals surface area (Å²) >= 11 is 0. The van der Waals surface area contributed by atoms with Crippen molar-refractivity contribution in [1.29, 1.82) is 0 Å². The third-order valence-corrected chi connectivity index (χ3v) is 3.45. The molecule has 22 heavy (non-hydrogen) atoms. The molecule has 0 unspecified atom stereocenters. The Kier molecular flexibility index (Phi) is 6.80. The quantitative estimate of drug-likeness (QED) is 0.871. The molecule has 2 amide bonds. The third-order valence-electron chi connectivity index (χ3n) is 3.45. The van der Waals surface area contributed by atoms with E-state index in [1.54, 1.807) is 38.4 Å². The number of hydrogen-bond acceptors (Lipinski definition) is 4. The van der Waals surface area contributed by atoms with E-state index in [-0.39, 0.29) is 30.3 Å². The minimum Gasteiger partial charge on any atom is -0.364 e. The monoisotopic (exact) mass is 327 g/mol. The molecule has 1 aliphatic rings. The number of nitrogens with zero attached hydrogens (tertiary/aromatic N) is 1. The van der Waals surface area contributed by atoms with Gasteiger partial charge < -0.3 is 20.7 Å². The fraction of sp³-hybridized carbons (Fsp3) is 0.467. The Bertz CT molecular complexity index is 537. The van der Waals surface area contributed by atoms with Crippen molar-refractivity contribution in [2.45, 2.75) is 25.0 Å². The summed E-state index contributed by atoms with van der Waals surface area (Å²) in [7, 11) is 3.37. The molecule has 7 heteroatoms. The van der Waals surface area contributed by atoms with Crippen LogP contribution in [-0.4, -0.2) is 49.6 Å².